The van der Waals surface area contributed by atoms with Crippen molar-refractivity contribution < 1.29 is 5.11 Å². The summed E-state index contributed by atoms with van der Waals surface area (Å²) in [6.45, 7) is 5.69. The zero-order chi connectivity index (χ0) is 15.1. The molecule has 0 aliphatic heterocycles. The van der Waals surface area contributed by atoms with Crippen LogP contribution in [0.25, 0.3) is 0 Å². The van der Waals surface area contributed by atoms with Crippen LogP contribution in [-0.2, 0) is 12.1 Å². The molecule has 2 heterocycles. The monoisotopic (exact) mass is 323 g/mol. The maximum Gasteiger partial charge on any atom is 0.191 e. The van der Waals surface area contributed by atoms with Crippen molar-refractivity contribution in [2.75, 3.05) is 13.1 Å². The molecule has 0 saturated carbocycles. The topological polar surface area (TPSA) is 56.7 Å². The molecule has 0 amide bonds. The Morgan fingerprint density at radius 3 is 2.81 bits per heavy atom. The average Bonchev–Trinajstić information content (AvgIpc) is 3.14. The van der Waals surface area contributed by atoms with Gasteiger partial charge in [-0.2, -0.15) is 11.3 Å². The van der Waals surface area contributed by atoms with E-state index >= 15 is 0 Å². The number of nitrogens with one attached hydrogen (secondary N) is 2. The van der Waals surface area contributed by atoms with Crippen LogP contribution < -0.4 is 10.6 Å². The minimum absolute atomic E-state index is 0.417. The summed E-state index contributed by atoms with van der Waals surface area (Å²) in [5, 5.41) is 22.9. The van der Waals surface area contributed by atoms with Crippen LogP contribution in [0.2, 0.25) is 0 Å². The maximum atomic E-state index is 10.5. The molecule has 2 rings (SSSR count). The summed E-state index contributed by atoms with van der Waals surface area (Å²) in [5.74, 6) is 0.724. The second-order valence-corrected chi connectivity index (χ2v) is 6.73. The standard InChI is InChI=1S/C15H21N3OS2/c1-3-16-14(17-9-13-5-4-7-21-13)18-11-15(2,19)12-6-8-20-10-12/h4-8,10,19H,3,9,11H2,1-2H3,(H2,16,17,18). The highest BCUT2D eigenvalue weighted by Crippen LogP contribution is 2.21. The first-order valence-corrected chi connectivity index (χ1v) is 8.73. The van der Waals surface area contributed by atoms with E-state index in [2.05, 4.69) is 21.7 Å². The lowest BCUT2D eigenvalue weighted by Crippen LogP contribution is -2.44. The Morgan fingerprint density at radius 1 is 1.33 bits per heavy atom. The summed E-state index contributed by atoms with van der Waals surface area (Å²) in [7, 11) is 0. The van der Waals surface area contributed by atoms with Crippen molar-refractivity contribution in [2.24, 2.45) is 4.99 Å². The van der Waals surface area contributed by atoms with Gasteiger partial charge in [0.25, 0.3) is 0 Å². The van der Waals surface area contributed by atoms with E-state index in [9.17, 15) is 5.11 Å². The second-order valence-electron chi connectivity index (χ2n) is 4.91. The number of nitrogens with zero attached hydrogens (tertiary/aromatic N) is 1. The molecule has 2 aromatic heterocycles. The zero-order valence-electron chi connectivity index (χ0n) is 12.3. The van der Waals surface area contributed by atoms with Crippen molar-refractivity contribution >= 4 is 28.6 Å². The molecule has 1 unspecified atom stereocenters. The molecule has 3 N–H and O–H groups in total. The highest BCUT2D eigenvalue weighted by atomic mass is 32.1. The fourth-order valence-corrected chi connectivity index (χ4v) is 3.24. The number of hydrogen-bond acceptors (Lipinski definition) is 4. The summed E-state index contributed by atoms with van der Waals surface area (Å²) in [4.78, 5) is 5.76. The summed E-state index contributed by atoms with van der Waals surface area (Å²) in [6.07, 6.45) is 0. The minimum atomic E-state index is -0.904. The van der Waals surface area contributed by atoms with E-state index in [0.29, 0.717) is 13.1 Å². The number of hydrogen-bond donors (Lipinski definition) is 3. The van der Waals surface area contributed by atoms with Gasteiger partial charge < -0.3 is 15.7 Å². The van der Waals surface area contributed by atoms with E-state index in [4.69, 9.17) is 0 Å². The van der Waals surface area contributed by atoms with Crippen LogP contribution in [0.4, 0.5) is 0 Å². The predicted octanol–water partition coefficient (Wildman–Crippen LogP) is 2.77. The highest BCUT2D eigenvalue weighted by molar-refractivity contribution is 7.09. The second kappa shape index (κ2) is 7.59. The molecule has 4 nitrogen and oxygen atoms in total. The van der Waals surface area contributed by atoms with Gasteiger partial charge in [-0.25, -0.2) is 4.99 Å². The Bertz CT molecular complexity index is 548. The van der Waals surface area contributed by atoms with Crippen molar-refractivity contribution in [3.8, 4) is 0 Å². The van der Waals surface area contributed by atoms with Crippen LogP contribution in [0.5, 0.6) is 0 Å². The lowest BCUT2D eigenvalue weighted by Gasteiger charge is -2.24. The molecule has 1 atom stereocenters. The Labute approximate surface area is 133 Å². The third-order valence-corrected chi connectivity index (χ3v) is 4.60. The number of aliphatic hydroxyl groups is 1. The van der Waals surface area contributed by atoms with Crippen LogP contribution >= 0.6 is 22.7 Å². The molecule has 0 saturated heterocycles. The molecule has 0 aliphatic rings. The Balaban J connectivity index is 1.95. The molecule has 0 radical (unpaired) electrons. The third kappa shape index (κ3) is 4.84. The quantitative estimate of drug-likeness (QED) is 0.566. The smallest absolute Gasteiger partial charge is 0.191 e. The molecule has 114 valence electrons. The number of rotatable bonds is 6. The van der Waals surface area contributed by atoms with Gasteiger partial charge in [-0.3, -0.25) is 0 Å². The molecule has 0 bridgehead atoms. The van der Waals surface area contributed by atoms with Crippen LogP contribution in [0.1, 0.15) is 24.3 Å². The molecule has 0 spiro atoms. The van der Waals surface area contributed by atoms with Crippen LogP contribution in [0.3, 0.4) is 0 Å². The van der Waals surface area contributed by atoms with E-state index in [1.54, 1.807) is 22.7 Å². The van der Waals surface area contributed by atoms with Gasteiger partial charge in [-0.05, 0) is 47.7 Å². The molecular weight excluding hydrogens is 302 g/mol. The van der Waals surface area contributed by atoms with Gasteiger partial charge in [0.2, 0.25) is 0 Å². The molecular formula is C15H21N3OS2. The fourth-order valence-electron chi connectivity index (χ4n) is 1.83. The lowest BCUT2D eigenvalue weighted by atomic mass is 9.99. The van der Waals surface area contributed by atoms with Crippen molar-refractivity contribution in [3.05, 3.63) is 44.8 Å². The van der Waals surface area contributed by atoms with Crippen molar-refractivity contribution in [1.29, 1.82) is 0 Å². The van der Waals surface area contributed by atoms with Gasteiger partial charge in [0.1, 0.15) is 5.60 Å². The Kier molecular flexibility index (Phi) is 5.78. The van der Waals surface area contributed by atoms with E-state index in [1.165, 1.54) is 4.88 Å². The van der Waals surface area contributed by atoms with Crippen molar-refractivity contribution in [1.82, 2.24) is 10.6 Å². The Morgan fingerprint density at radius 2 is 2.19 bits per heavy atom. The Hall–Kier alpha value is -1.37. The fraction of sp³-hybridized carbons (Fsp3) is 0.400. The van der Waals surface area contributed by atoms with Crippen molar-refractivity contribution in [2.45, 2.75) is 26.0 Å². The summed E-state index contributed by atoms with van der Waals surface area (Å²) < 4.78 is 0. The normalized spacial score (nSPS) is 14.7. The summed E-state index contributed by atoms with van der Waals surface area (Å²) in [6, 6.07) is 6.04. The average molecular weight is 323 g/mol. The molecule has 6 heteroatoms. The third-order valence-electron chi connectivity index (χ3n) is 3.06. The zero-order valence-corrected chi connectivity index (χ0v) is 13.9. The molecule has 21 heavy (non-hydrogen) atoms. The molecule has 2 aromatic rings. The highest BCUT2D eigenvalue weighted by Gasteiger charge is 2.23. The maximum absolute atomic E-state index is 10.5. The molecule has 0 fully saturated rings. The van der Waals surface area contributed by atoms with Crippen LogP contribution in [0.15, 0.2) is 39.3 Å². The van der Waals surface area contributed by atoms with Gasteiger partial charge in [-0.1, -0.05) is 6.07 Å². The minimum Gasteiger partial charge on any atom is -0.384 e. The van der Waals surface area contributed by atoms with Crippen LogP contribution in [-0.4, -0.2) is 24.2 Å². The van der Waals surface area contributed by atoms with E-state index < -0.39 is 5.60 Å². The SMILES string of the molecule is CCNC(=NCc1cccs1)NCC(C)(O)c1ccsc1. The summed E-state index contributed by atoms with van der Waals surface area (Å²) in [5.41, 5.74) is 0.0214. The van der Waals surface area contributed by atoms with E-state index in [1.807, 2.05) is 42.1 Å². The van der Waals surface area contributed by atoms with Gasteiger partial charge in [-0.15, -0.1) is 11.3 Å². The molecule has 0 aliphatic carbocycles. The van der Waals surface area contributed by atoms with E-state index in [0.717, 1.165) is 18.1 Å². The largest absolute Gasteiger partial charge is 0.384 e. The number of guanidine groups is 1. The summed E-state index contributed by atoms with van der Waals surface area (Å²) >= 11 is 3.28. The van der Waals surface area contributed by atoms with Crippen molar-refractivity contribution in [3.63, 3.8) is 0 Å². The number of thiophene rings is 2. The number of aliphatic imine (C=N–C) groups is 1. The first-order chi connectivity index (χ1) is 10.1. The first kappa shape index (κ1) is 16.0. The molecule has 0 aromatic carbocycles. The van der Waals surface area contributed by atoms with Gasteiger partial charge in [0.05, 0.1) is 13.1 Å². The van der Waals surface area contributed by atoms with Gasteiger partial charge >= 0.3 is 0 Å². The first-order valence-electron chi connectivity index (χ1n) is 6.91. The van der Waals surface area contributed by atoms with E-state index in [-0.39, 0.29) is 0 Å². The van der Waals surface area contributed by atoms with Gasteiger partial charge in [0.15, 0.2) is 5.96 Å². The predicted molar refractivity (Wildman–Crippen MR) is 91.0 cm³/mol. The van der Waals surface area contributed by atoms with Gasteiger partial charge in [0, 0.05) is 11.4 Å². The van der Waals surface area contributed by atoms with Crippen LogP contribution in [0, 0.1) is 0 Å². The lowest BCUT2D eigenvalue weighted by molar-refractivity contribution is 0.0621.